The SMILES string of the molecule is Fc1ccc(-c2cncc(CNCCOC3=CC4=CNSN4C=C3)c2)cc1. The zero-order chi connectivity index (χ0) is 18.5. The Morgan fingerprint density at radius 2 is 2.07 bits per heavy atom. The van der Waals surface area contributed by atoms with Crippen LogP contribution < -0.4 is 10.0 Å². The number of hydrogen-bond donors (Lipinski definition) is 2. The number of pyridine rings is 1. The second kappa shape index (κ2) is 8.28. The molecule has 0 saturated carbocycles. The summed E-state index contributed by atoms with van der Waals surface area (Å²) in [4.78, 5) is 4.28. The molecule has 2 aliphatic heterocycles. The van der Waals surface area contributed by atoms with E-state index in [1.54, 1.807) is 18.3 Å². The minimum Gasteiger partial charge on any atom is -0.492 e. The zero-order valence-electron chi connectivity index (χ0n) is 14.6. The number of benzene rings is 1. The van der Waals surface area contributed by atoms with Crippen molar-refractivity contribution in [3.63, 3.8) is 0 Å². The highest BCUT2D eigenvalue weighted by Gasteiger charge is 2.16. The van der Waals surface area contributed by atoms with E-state index in [1.807, 2.05) is 35.1 Å². The van der Waals surface area contributed by atoms with Gasteiger partial charge in [0, 0.05) is 49.5 Å². The van der Waals surface area contributed by atoms with E-state index in [0.717, 1.165) is 34.7 Å². The summed E-state index contributed by atoms with van der Waals surface area (Å²) in [5.41, 5.74) is 4.08. The van der Waals surface area contributed by atoms with Crippen molar-refractivity contribution in [2.45, 2.75) is 6.54 Å². The van der Waals surface area contributed by atoms with Crippen molar-refractivity contribution < 1.29 is 9.13 Å². The highest BCUT2D eigenvalue weighted by Crippen LogP contribution is 2.27. The van der Waals surface area contributed by atoms with Crippen LogP contribution in [-0.2, 0) is 11.3 Å². The maximum atomic E-state index is 13.1. The van der Waals surface area contributed by atoms with Crippen molar-refractivity contribution in [1.29, 1.82) is 0 Å². The molecule has 0 unspecified atom stereocenters. The number of halogens is 1. The second-order valence-corrected chi connectivity index (χ2v) is 6.89. The molecular formula is C20H19FN4OS. The Kier molecular flexibility index (Phi) is 5.41. The van der Waals surface area contributed by atoms with Crippen LogP contribution in [0.1, 0.15) is 5.56 Å². The Morgan fingerprint density at radius 1 is 1.19 bits per heavy atom. The Hall–Kier alpha value is -2.77. The van der Waals surface area contributed by atoms with Crippen LogP contribution in [0.25, 0.3) is 11.1 Å². The van der Waals surface area contributed by atoms with E-state index in [1.165, 1.54) is 24.3 Å². The predicted molar refractivity (Wildman–Crippen MR) is 105 cm³/mol. The molecule has 0 saturated heterocycles. The van der Waals surface area contributed by atoms with Crippen LogP contribution in [0.2, 0.25) is 0 Å². The number of nitrogens with zero attached hydrogens (tertiary/aromatic N) is 2. The van der Waals surface area contributed by atoms with Gasteiger partial charge in [-0.25, -0.2) is 4.39 Å². The third-order valence-electron chi connectivity index (χ3n) is 4.13. The van der Waals surface area contributed by atoms with Crippen molar-refractivity contribution >= 4 is 12.1 Å². The Labute approximate surface area is 161 Å². The Morgan fingerprint density at radius 3 is 2.96 bits per heavy atom. The van der Waals surface area contributed by atoms with Gasteiger partial charge in [-0.2, -0.15) is 0 Å². The first-order valence-corrected chi connectivity index (χ1v) is 9.40. The number of aromatic nitrogens is 1. The second-order valence-electron chi connectivity index (χ2n) is 6.08. The molecule has 0 aliphatic carbocycles. The summed E-state index contributed by atoms with van der Waals surface area (Å²) in [5, 5.41) is 3.36. The van der Waals surface area contributed by atoms with Crippen LogP contribution in [0.4, 0.5) is 4.39 Å². The van der Waals surface area contributed by atoms with Crippen LogP contribution >= 0.6 is 12.1 Å². The van der Waals surface area contributed by atoms with Crippen LogP contribution in [0.5, 0.6) is 0 Å². The molecule has 0 radical (unpaired) electrons. The quantitative estimate of drug-likeness (QED) is 0.562. The van der Waals surface area contributed by atoms with Crippen LogP contribution in [-0.4, -0.2) is 22.4 Å². The number of rotatable bonds is 7. The standard InChI is InChI=1S/C20H19FN4OS/c21-18-3-1-16(2-4-18)17-9-15(12-23-13-17)11-22-6-8-26-20-5-7-25-19(10-20)14-24-27-25/h1-5,7,9-10,12-14,22,24H,6,8,11H2. The molecule has 1 aromatic carbocycles. The van der Waals surface area contributed by atoms with Crippen LogP contribution in [0.3, 0.4) is 0 Å². The highest BCUT2D eigenvalue weighted by atomic mass is 32.2. The molecule has 4 rings (SSSR count). The normalized spacial score (nSPS) is 15.1. The fourth-order valence-corrected chi connectivity index (χ4v) is 3.38. The van der Waals surface area contributed by atoms with Gasteiger partial charge in [0.25, 0.3) is 0 Å². The van der Waals surface area contributed by atoms with Gasteiger partial charge in [-0.3, -0.25) is 9.29 Å². The van der Waals surface area contributed by atoms with E-state index in [-0.39, 0.29) is 5.82 Å². The first kappa shape index (κ1) is 17.6. The third-order valence-corrected chi connectivity index (χ3v) is 4.88. The fourth-order valence-electron chi connectivity index (χ4n) is 2.76. The number of hydrogen-bond acceptors (Lipinski definition) is 6. The zero-order valence-corrected chi connectivity index (χ0v) is 15.4. The van der Waals surface area contributed by atoms with E-state index in [9.17, 15) is 4.39 Å². The summed E-state index contributed by atoms with van der Waals surface area (Å²) in [5.74, 6) is 0.614. The minimum atomic E-state index is -0.237. The summed E-state index contributed by atoms with van der Waals surface area (Å²) in [7, 11) is 0. The molecule has 2 aliphatic rings. The van der Waals surface area contributed by atoms with Gasteiger partial charge in [-0.15, -0.1) is 0 Å². The van der Waals surface area contributed by atoms with E-state index in [0.29, 0.717) is 13.2 Å². The molecule has 0 fully saturated rings. The smallest absolute Gasteiger partial charge is 0.123 e. The molecule has 0 amide bonds. The van der Waals surface area contributed by atoms with Crippen molar-refractivity contribution in [2.24, 2.45) is 0 Å². The van der Waals surface area contributed by atoms with E-state index in [4.69, 9.17) is 4.74 Å². The van der Waals surface area contributed by atoms with Gasteiger partial charge in [-0.1, -0.05) is 12.1 Å². The monoisotopic (exact) mass is 382 g/mol. The first-order chi connectivity index (χ1) is 13.3. The maximum absolute atomic E-state index is 13.1. The van der Waals surface area contributed by atoms with Crippen molar-refractivity contribution in [1.82, 2.24) is 19.3 Å². The van der Waals surface area contributed by atoms with Crippen molar-refractivity contribution in [3.05, 3.63) is 90.1 Å². The van der Waals surface area contributed by atoms with E-state index < -0.39 is 0 Å². The maximum Gasteiger partial charge on any atom is 0.123 e. The predicted octanol–water partition coefficient (Wildman–Crippen LogP) is 3.71. The molecule has 0 spiro atoms. The molecule has 5 nitrogen and oxygen atoms in total. The lowest BCUT2D eigenvalue weighted by molar-refractivity contribution is 0.222. The average molecular weight is 382 g/mol. The summed E-state index contributed by atoms with van der Waals surface area (Å²) in [6, 6.07) is 8.50. The molecule has 1 aromatic heterocycles. The summed E-state index contributed by atoms with van der Waals surface area (Å²) < 4.78 is 24.0. The largest absolute Gasteiger partial charge is 0.492 e. The van der Waals surface area contributed by atoms with Crippen LogP contribution in [0.15, 0.2) is 78.7 Å². The van der Waals surface area contributed by atoms with Gasteiger partial charge in [-0.05, 0) is 35.4 Å². The molecule has 27 heavy (non-hydrogen) atoms. The van der Waals surface area contributed by atoms with Gasteiger partial charge in [0.1, 0.15) is 18.2 Å². The molecule has 138 valence electrons. The average Bonchev–Trinajstić information content (AvgIpc) is 3.16. The van der Waals surface area contributed by atoms with E-state index >= 15 is 0 Å². The lowest BCUT2D eigenvalue weighted by Gasteiger charge is -2.17. The lowest BCUT2D eigenvalue weighted by atomic mass is 10.1. The number of fused-ring (bicyclic) bond motifs is 1. The molecule has 2 aromatic rings. The Bertz CT molecular complexity index is 895. The lowest BCUT2D eigenvalue weighted by Crippen LogP contribution is -2.19. The van der Waals surface area contributed by atoms with Gasteiger partial charge < -0.3 is 14.8 Å². The number of allylic oxidation sites excluding steroid dienone is 2. The van der Waals surface area contributed by atoms with Crippen LogP contribution in [0, 0.1) is 5.82 Å². The number of nitrogens with one attached hydrogen (secondary N) is 2. The molecule has 0 atom stereocenters. The summed E-state index contributed by atoms with van der Waals surface area (Å²) >= 11 is 1.53. The summed E-state index contributed by atoms with van der Waals surface area (Å²) in [6.07, 6.45) is 11.5. The molecular weight excluding hydrogens is 363 g/mol. The topological polar surface area (TPSA) is 49.4 Å². The third kappa shape index (κ3) is 4.50. The molecule has 7 heteroatoms. The van der Waals surface area contributed by atoms with Gasteiger partial charge >= 0.3 is 0 Å². The molecule has 0 bridgehead atoms. The molecule has 2 N–H and O–H groups in total. The van der Waals surface area contributed by atoms with Crippen molar-refractivity contribution in [2.75, 3.05) is 13.2 Å². The highest BCUT2D eigenvalue weighted by molar-refractivity contribution is 7.95. The minimum absolute atomic E-state index is 0.237. The van der Waals surface area contributed by atoms with E-state index in [2.05, 4.69) is 21.1 Å². The molecule has 3 heterocycles. The Balaban J connectivity index is 1.24. The van der Waals surface area contributed by atoms with Gasteiger partial charge in [0.05, 0.1) is 17.8 Å². The van der Waals surface area contributed by atoms with Gasteiger partial charge in [0.2, 0.25) is 0 Å². The fraction of sp³-hybridized carbons (Fsp3) is 0.150. The van der Waals surface area contributed by atoms with Crippen molar-refractivity contribution in [3.8, 4) is 11.1 Å². The number of ether oxygens (including phenoxy) is 1. The first-order valence-electron chi connectivity index (χ1n) is 8.63. The summed E-state index contributed by atoms with van der Waals surface area (Å²) in [6.45, 7) is 2.00. The van der Waals surface area contributed by atoms with Gasteiger partial charge in [0.15, 0.2) is 0 Å².